The van der Waals surface area contributed by atoms with Crippen LogP contribution >= 0.6 is 0 Å². The molecule has 0 bridgehead atoms. The molecule has 22 heavy (non-hydrogen) atoms. The van der Waals surface area contributed by atoms with Gasteiger partial charge in [-0.25, -0.2) is 0 Å². The lowest BCUT2D eigenvalue weighted by Gasteiger charge is -2.28. The van der Waals surface area contributed by atoms with Gasteiger partial charge in [0.2, 0.25) is 5.82 Å². The molecule has 0 saturated heterocycles. The molecule has 1 heterocycles. The Morgan fingerprint density at radius 2 is 1.50 bits per heavy atom. The molecule has 0 spiro atoms. The van der Waals surface area contributed by atoms with Crippen molar-refractivity contribution in [3.8, 4) is 11.4 Å². The van der Waals surface area contributed by atoms with Crippen molar-refractivity contribution in [2.45, 2.75) is 46.6 Å². The van der Waals surface area contributed by atoms with E-state index >= 15 is 0 Å². The quantitative estimate of drug-likeness (QED) is 0.844. The summed E-state index contributed by atoms with van der Waals surface area (Å²) in [5, 5.41) is 15.4. The summed E-state index contributed by atoms with van der Waals surface area (Å²) in [6.45, 7) is 11.6. The normalized spacial score (nSPS) is 12.4. The molecule has 118 valence electrons. The number of hydrogen-bond acceptors (Lipinski definition) is 5. The highest BCUT2D eigenvalue weighted by molar-refractivity contribution is 5.54. The Bertz CT molecular complexity index is 588. The molecule has 0 aliphatic rings. The third-order valence-electron chi connectivity index (χ3n) is 3.56. The third kappa shape index (κ3) is 4.56. The van der Waals surface area contributed by atoms with E-state index in [4.69, 9.17) is 4.74 Å². The average molecular weight is 300 g/mol. The summed E-state index contributed by atoms with van der Waals surface area (Å²) in [6.07, 6.45) is 2.35. The highest BCUT2D eigenvalue weighted by Crippen LogP contribution is 2.28. The van der Waals surface area contributed by atoms with Crippen LogP contribution < -0.4 is 0 Å². The summed E-state index contributed by atoms with van der Waals surface area (Å²) < 4.78 is 6.08. The first-order chi connectivity index (χ1) is 10.3. The Balaban J connectivity index is 2.05. The molecule has 0 N–H and O–H groups in total. The number of ether oxygens (including phenoxy) is 1. The number of hydrogen-bond donors (Lipinski definition) is 0. The predicted molar refractivity (Wildman–Crippen MR) is 86.1 cm³/mol. The second-order valence-corrected chi connectivity index (χ2v) is 7.12. The van der Waals surface area contributed by atoms with Gasteiger partial charge >= 0.3 is 0 Å². The first kappa shape index (κ1) is 16.5. The van der Waals surface area contributed by atoms with Crippen molar-refractivity contribution in [1.29, 1.82) is 0 Å². The van der Waals surface area contributed by atoms with E-state index < -0.39 is 0 Å². The van der Waals surface area contributed by atoms with Crippen molar-refractivity contribution in [1.82, 2.24) is 20.4 Å². The number of aromatic nitrogens is 4. The maximum Gasteiger partial charge on any atom is 0.203 e. The van der Waals surface area contributed by atoms with E-state index in [9.17, 15) is 0 Å². The van der Waals surface area contributed by atoms with Crippen LogP contribution in [0.1, 0.15) is 46.6 Å². The molecule has 5 nitrogen and oxygen atoms in total. The van der Waals surface area contributed by atoms with Gasteiger partial charge < -0.3 is 4.74 Å². The van der Waals surface area contributed by atoms with Gasteiger partial charge in [-0.1, -0.05) is 45.0 Å². The fourth-order valence-corrected chi connectivity index (χ4v) is 2.04. The Morgan fingerprint density at radius 1 is 0.909 bits per heavy atom. The molecule has 0 atom stereocenters. The lowest BCUT2D eigenvalue weighted by Crippen LogP contribution is -2.24. The molecule has 1 aromatic carbocycles. The second kappa shape index (κ2) is 6.48. The van der Waals surface area contributed by atoms with Crippen molar-refractivity contribution < 1.29 is 4.74 Å². The van der Waals surface area contributed by atoms with Crippen LogP contribution in [0.15, 0.2) is 30.6 Å². The zero-order chi connectivity index (χ0) is 16.2. The maximum atomic E-state index is 6.08. The Labute approximate surface area is 132 Å². The van der Waals surface area contributed by atoms with E-state index in [0.717, 1.165) is 24.2 Å². The van der Waals surface area contributed by atoms with Crippen LogP contribution in [-0.2, 0) is 10.3 Å². The Kier molecular flexibility index (Phi) is 4.86. The van der Waals surface area contributed by atoms with Gasteiger partial charge in [0, 0.05) is 12.2 Å². The summed E-state index contributed by atoms with van der Waals surface area (Å²) in [4.78, 5) is 0. The van der Waals surface area contributed by atoms with Crippen LogP contribution in [0.4, 0.5) is 0 Å². The minimum atomic E-state index is -0.322. The van der Waals surface area contributed by atoms with Gasteiger partial charge in [0.15, 0.2) is 6.33 Å². The van der Waals surface area contributed by atoms with Gasteiger partial charge in [0.05, 0.1) is 5.60 Å². The molecule has 0 fully saturated rings. The first-order valence-electron chi connectivity index (χ1n) is 7.53. The van der Waals surface area contributed by atoms with Gasteiger partial charge in [-0.15, -0.1) is 20.4 Å². The SMILES string of the molecule is CC(C)(C)CCOC(C)(C)c1ccc(-c2nncnn2)cc1. The molecule has 0 amide bonds. The highest BCUT2D eigenvalue weighted by atomic mass is 16.5. The summed E-state index contributed by atoms with van der Waals surface area (Å²) >= 11 is 0. The van der Waals surface area contributed by atoms with Crippen LogP contribution in [0.3, 0.4) is 0 Å². The minimum Gasteiger partial charge on any atom is -0.371 e. The number of nitrogens with zero attached hydrogens (tertiary/aromatic N) is 4. The van der Waals surface area contributed by atoms with Gasteiger partial charge in [-0.3, -0.25) is 0 Å². The van der Waals surface area contributed by atoms with Crippen molar-refractivity contribution in [2.75, 3.05) is 6.61 Å². The van der Waals surface area contributed by atoms with E-state index in [0.29, 0.717) is 5.82 Å². The summed E-state index contributed by atoms with van der Waals surface area (Å²) in [7, 11) is 0. The zero-order valence-electron chi connectivity index (χ0n) is 14.0. The van der Waals surface area contributed by atoms with Gasteiger partial charge in [0.25, 0.3) is 0 Å². The molecule has 0 aliphatic carbocycles. The van der Waals surface area contributed by atoms with E-state index in [1.807, 2.05) is 24.3 Å². The zero-order valence-corrected chi connectivity index (χ0v) is 14.0. The third-order valence-corrected chi connectivity index (χ3v) is 3.56. The van der Waals surface area contributed by atoms with Crippen molar-refractivity contribution in [3.63, 3.8) is 0 Å². The van der Waals surface area contributed by atoms with Crippen LogP contribution in [0.25, 0.3) is 11.4 Å². The number of rotatable bonds is 5. The lowest BCUT2D eigenvalue weighted by molar-refractivity contribution is -0.0317. The molecule has 1 aromatic heterocycles. The fourth-order valence-electron chi connectivity index (χ4n) is 2.04. The fraction of sp³-hybridized carbons (Fsp3) is 0.529. The summed E-state index contributed by atoms with van der Waals surface area (Å²) in [6, 6.07) is 8.04. The van der Waals surface area contributed by atoms with Crippen molar-refractivity contribution in [2.24, 2.45) is 5.41 Å². The second-order valence-electron chi connectivity index (χ2n) is 7.12. The Morgan fingerprint density at radius 3 is 2.05 bits per heavy atom. The highest BCUT2D eigenvalue weighted by Gasteiger charge is 2.22. The van der Waals surface area contributed by atoms with Gasteiger partial charge in [0.1, 0.15) is 0 Å². The van der Waals surface area contributed by atoms with Gasteiger partial charge in [-0.05, 0) is 31.2 Å². The smallest absolute Gasteiger partial charge is 0.203 e. The molecular formula is C17H24N4O. The molecule has 0 aliphatic heterocycles. The van der Waals surface area contributed by atoms with E-state index in [-0.39, 0.29) is 11.0 Å². The number of benzene rings is 1. The minimum absolute atomic E-state index is 0.282. The summed E-state index contributed by atoms with van der Waals surface area (Å²) in [5.41, 5.74) is 1.99. The lowest BCUT2D eigenvalue weighted by atomic mass is 9.92. The van der Waals surface area contributed by atoms with E-state index in [2.05, 4.69) is 55.0 Å². The topological polar surface area (TPSA) is 60.8 Å². The largest absolute Gasteiger partial charge is 0.371 e. The molecule has 2 aromatic rings. The first-order valence-corrected chi connectivity index (χ1v) is 7.53. The van der Waals surface area contributed by atoms with Crippen molar-refractivity contribution >= 4 is 0 Å². The Hall–Kier alpha value is -1.88. The molecule has 0 saturated carbocycles. The van der Waals surface area contributed by atoms with Crippen LogP contribution in [0, 0.1) is 5.41 Å². The average Bonchev–Trinajstić information content (AvgIpc) is 2.47. The van der Waals surface area contributed by atoms with E-state index in [1.165, 1.54) is 6.33 Å². The van der Waals surface area contributed by atoms with Crippen molar-refractivity contribution in [3.05, 3.63) is 36.2 Å². The predicted octanol–water partition coefficient (Wildman–Crippen LogP) is 3.62. The summed E-state index contributed by atoms with van der Waals surface area (Å²) in [5.74, 6) is 0.528. The van der Waals surface area contributed by atoms with E-state index in [1.54, 1.807) is 0 Å². The monoisotopic (exact) mass is 300 g/mol. The molecule has 0 unspecified atom stereocenters. The molecule has 0 radical (unpaired) electrons. The standard InChI is InChI=1S/C17H24N4O/c1-16(2,3)10-11-22-17(4,5)14-8-6-13(7-9-14)15-20-18-12-19-21-15/h6-9,12H,10-11H2,1-5H3. The van der Waals surface area contributed by atoms with Gasteiger partial charge in [-0.2, -0.15) is 0 Å². The van der Waals surface area contributed by atoms with Crippen LogP contribution in [-0.4, -0.2) is 27.0 Å². The molecule has 2 rings (SSSR count). The van der Waals surface area contributed by atoms with Crippen LogP contribution in [0.5, 0.6) is 0 Å². The maximum absolute atomic E-state index is 6.08. The van der Waals surface area contributed by atoms with Crippen LogP contribution in [0.2, 0.25) is 0 Å². The molecule has 5 heteroatoms. The molecular weight excluding hydrogens is 276 g/mol.